The van der Waals surface area contributed by atoms with Crippen molar-refractivity contribution in [1.82, 2.24) is 0 Å². The Balaban J connectivity index is 2.58. The highest BCUT2D eigenvalue weighted by Gasteiger charge is 2.24. The van der Waals surface area contributed by atoms with Crippen LogP contribution >= 0.6 is 0 Å². The minimum Gasteiger partial charge on any atom is -0.489 e. The topological polar surface area (TPSA) is 98.6 Å². The van der Waals surface area contributed by atoms with Crippen LogP contribution in [0.3, 0.4) is 0 Å². The SMILES string of the molecule is Nc1cc(C(=O)O)cc2c1OCC2N. The van der Waals surface area contributed by atoms with Crippen LogP contribution in [0, 0.1) is 0 Å². The van der Waals surface area contributed by atoms with Crippen molar-refractivity contribution < 1.29 is 14.6 Å². The Kier molecular flexibility index (Phi) is 1.82. The number of ether oxygens (including phenoxy) is 1. The molecule has 74 valence electrons. The number of carboxylic acids is 1. The summed E-state index contributed by atoms with van der Waals surface area (Å²) in [6.07, 6.45) is 0. The average molecular weight is 194 g/mol. The third-order valence-corrected chi connectivity index (χ3v) is 2.20. The zero-order valence-corrected chi connectivity index (χ0v) is 7.36. The number of hydrogen-bond acceptors (Lipinski definition) is 4. The van der Waals surface area contributed by atoms with E-state index in [-0.39, 0.29) is 11.6 Å². The number of aromatic carboxylic acids is 1. The zero-order chi connectivity index (χ0) is 10.3. The highest BCUT2D eigenvalue weighted by Crippen LogP contribution is 2.37. The number of fused-ring (bicyclic) bond motifs is 1. The van der Waals surface area contributed by atoms with E-state index in [1.165, 1.54) is 12.1 Å². The molecule has 0 aromatic heterocycles. The maximum absolute atomic E-state index is 10.7. The van der Waals surface area contributed by atoms with Crippen molar-refractivity contribution in [2.75, 3.05) is 12.3 Å². The van der Waals surface area contributed by atoms with Crippen LogP contribution in [0.25, 0.3) is 0 Å². The monoisotopic (exact) mass is 194 g/mol. The molecule has 5 nitrogen and oxygen atoms in total. The van der Waals surface area contributed by atoms with E-state index in [9.17, 15) is 4.79 Å². The summed E-state index contributed by atoms with van der Waals surface area (Å²) in [5.74, 6) is -0.499. The Morgan fingerprint density at radius 1 is 1.57 bits per heavy atom. The lowest BCUT2D eigenvalue weighted by atomic mass is 10.0. The number of nitrogen functional groups attached to an aromatic ring is 1. The quantitative estimate of drug-likeness (QED) is 0.560. The van der Waals surface area contributed by atoms with Crippen molar-refractivity contribution in [3.05, 3.63) is 23.3 Å². The van der Waals surface area contributed by atoms with Gasteiger partial charge in [0.05, 0.1) is 17.3 Å². The van der Waals surface area contributed by atoms with Crippen LogP contribution < -0.4 is 16.2 Å². The molecule has 0 saturated heterocycles. The summed E-state index contributed by atoms with van der Waals surface area (Å²) in [6, 6.07) is 2.59. The number of rotatable bonds is 1. The molecule has 0 saturated carbocycles. The van der Waals surface area contributed by atoms with Gasteiger partial charge >= 0.3 is 5.97 Å². The standard InChI is InChI=1S/C9H10N2O3/c10-6-2-4(9(12)13)1-5-7(11)3-14-8(5)6/h1-2,7H,3,10-11H2,(H,12,13). The fourth-order valence-electron chi connectivity index (χ4n) is 1.50. The van der Waals surface area contributed by atoms with E-state index in [4.69, 9.17) is 21.3 Å². The van der Waals surface area contributed by atoms with E-state index >= 15 is 0 Å². The lowest BCUT2D eigenvalue weighted by Gasteiger charge is -2.05. The van der Waals surface area contributed by atoms with Gasteiger partial charge in [-0.25, -0.2) is 4.79 Å². The Labute approximate surface area is 80.3 Å². The molecule has 0 amide bonds. The van der Waals surface area contributed by atoms with Gasteiger partial charge in [-0.2, -0.15) is 0 Å². The molecule has 1 aromatic rings. The molecule has 1 heterocycles. The van der Waals surface area contributed by atoms with E-state index < -0.39 is 5.97 Å². The van der Waals surface area contributed by atoms with Crippen LogP contribution in [0.2, 0.25) is 0 Å². The second kappa shape index (κ2) is 2.88. The van der Waals surface area contributed by atoms with Gasteiger partial charge in [-0.1, -0.05) is 0 Å². The number of benzene rings is 1. The number of carboxylic acid groups (broad SMARTS) is 1. The van der Waals surface area contributed by atoms with Crippen LogP contribution in [0.1, 0.15) is 22.0 Å². The van der Waals surface area contributed by atoms with Gasteiger partial charge in [0.15, 0.2) is 0 Å². The first-order chi connectivity index (χ1) is 6.59. The van der Waals surface area contributed by atoms with Crippen molar-refractivity contribution in [2.24, 2.45) is 5.73 Å². The maximum Gasteiger partial charge on any atom is 0.335 e. The largest absolute Gasteiger partial charge is 0.489 e. The van der Waals surface area contributed by atoms with E-state index in [2.05, 4.69) is 0 Å². The Morgan fingerprint density at radius 3 is 2.93 bits per heavy atom. The molecule has 1 unspecified atom stereocenters. The summed E-state index contributed by atoms with van der Waals surface area (Å²) >= 11 is 0. The number of hydrogen-bond donors (Lipinski definition) is 3. The highest BCUT2D eigenvalue weighted by atomic mass is 16.5. The van der Waals surface area contributed by atoms with Crippen molar-refractivity contribution in [3.8, 4) is 5.75 Å². The molecule has 1 atom stereocenters. The number of anilines is 1. The fraction of sp³-hybridized carbons (Fsp3) is 0.222. The van der Waals surface area contributed by atoms with E-state index in [0.29, 0.717) is 23.6 Å². The predicted molar refractivity (Wildman–Crippen MR) is 50.2 cm³/mol. The second-order valence-electron chi connectivity index (χ2n) is 3.21. The molecule has 0 radical (unpaired) electrons. The first kappa shape index (κ1) is 8.83. The molecule has 0 fully saturated rings. The van der Waals surface area contributed by atoms with Gasteiger partial charge in [-0.3, -0.25) is 0 Å². The van der Waals surface area contributed by atoms with Gasteiger partial charge in [0.1, 0.15) is 12.4 Å². The molecular weight excluding hydrogens is 184 g/mol. The van der Waals surface area contributed by atoms with Crippen LogP contribution in [0.5, 0.6) is 5.75 Å². The molecule has 1 aliphatic rings. The molecule has 1 aliphatic heterocycles. The Hall–Kier alpha value is -1.75. The van der Waals surface area contributed by atoms with E-state index in [1.54, 1.807) is 0 Å². The van der Waals surface area contributed by atoms with Gasteiger partial charge in [0.25, 0.3) is 0 Å². The van der Waals surface area contributed by atoms with Crippen LogP contribution in [-0.2, 0) is 0 Å². The lowest BCUT2D eigenvalue weighted by molar-refractivity contribution is 0.0697. The van der Waals surface area contributed by atoms with Crippen molar-refractivity contribution in [3.63, 3.8) is 0 Å². The van der Waals surface area contributed by atoms with Gasteiger partial charge in [-0.05, 0) is 12.1 Å². The first-order valence-electron chi connectivity index (χ1n) is 4.14. The van der Waals surface area contributed by atoms with Crippen LogP contribution in [0.15, 0.2) is 12.1 Å². The third kappa shape index (κ3) is 1.18. The summed E-state index contributed by atoms with van der Waals surface area (Å²) in [7, 11) is 0. The summed E-state index contributed by atoms with van der Waals surface area (Å²) in [5, 5.41) is 8.79. The smallest absolute Gasteiger partial charge is 0.335 e. The molecule has 1 aromatic carbocycles. The number of carbonyl (C=O) groups is 1. The third-order valence-electron chi connectivity index (χ3n) is 2.20. The summed E-state index contributed by atoms with van der Waals surface area (Å²) in [4.78, 5) is 10.7. The van der Waals surface area contributed by atoms with Crippen molar-refractivity contribution in [1.29, 1.82) is 0 Å². The molecule has 0 spiro atoms. The van der Waals surface area contributed by atoms with Crippen LogP contribution in [-0.4, -0.2) is 17.7 Å². The summed E-state index contributed by atoms with van der Waals surface area (Å²) in [6.45, 7) is 0.350. The van der Waals surface area contributed by atoms with E-state index in [0.717, 1.165) is 0 Å². The van der Waals surface area contributed by atoms with Crippen LogP contribution in [0.4, 0.5) is 5.69 Å². The normalized spacial score (nSPS) is 18.8. The second-order valence-corrected chi connectivity index (χ2v) is 3.21. The first-order valence-corrected chi connectivity index (χ1v) is 4.14. The van der Waals surface area contributed by atoms with Crippen molar-refractivity contribution >= 4 is 11.7 Å². The summed E-state index contributed by atoms with van der Waals surface area (Å²) in [5.41, 5.74) is 12.5. The average Bonchev–Trinajstić information content (AvgIpc) is 2.48. The van der Waals surface area contributed by atoms with Gasteiger partial charge in [-0.15, -0.1) is 0 Å². The molecular formula is C9H10N2O3. The molecule has 5 heteroatoms. The molecule has 2 rings (SSSR count). The van der Waals surface area contributed by atoms with Gasteiger partial charge < -0.3 is 21.3 Å². The van der Waals surface area contributed by atoms with Crippen molar-refractivity contribution in [2.45, 2.75) is 6.04 Å². The summed E-state index contributed by atoms with van der Waals surface area (Å²) < 4.78 is 5.23. The minimum atomic E-state index is -1.02. The molecule has 0 bridgehead atoms. The zero-order valence-electron chi connectivity index (χ0n) is 7.36. The van der Waals surface area contributed by atoms with Gasteiger partial charge in [0, 0.05) is 5.56 Å². The fourth-order valence-corrected chi connectivity index (χ4v) is 1.50. The number of nitrogens with two attached hydrogens (primary N) is 2. The minimum absolute atomic E-state index is 0.141. The Bertz CT molecular complexity index is 403. The predicted octanol–water partition coefficient (Wildman–Crippen LogP) is 0.359. The highest BCUT2D eigenvalue weighted by molar-refractivity contribution is 5.90. The maximum atomic E-state index is 10.7. The Morgan fingerprint density at radius 2 is 2.29 bits per heavy atom. The lowest BCUT2D eigenvalue weighted by Crippen LogP contribution is -2.11. The van der Waals surface area contributed by atoms with E-state index in [1.807, 2.05) is 0 Å². The van der Waals surface area contributed by atoms with Gasteiger partial charge in [0.2, 0.25) is 0 Å². The molecule has 0 aliphatic carbocycles. The molecule has 14 heavy (non-hydrogen) atoms. The molecule has 5 N–H and O–H groups in total.